The summed E-state index contributed by atoms with van der Waals surface area (Å²) in [6.07, 6.45) is 6.74. The Morgan fingerprint density at radius 1 is 1.05 bits per heavy atom. The van der Waals surface area contributed by atoms with Crippen LogP contribution in [0.5, 0.6) is 5.75 Å². The van der Waals surface area contributed by atoms with Crippen LogP contribution in [0.15, 0.2) is 104 Å². The summed E-state index contributed by atoms with van der Waals surface area (Å²) in [6.45, 7) is 4.70. The van der Waals surface area contributed by atoms with E-state index in [2.05, 4.69) is 22.6 Å². The third-order valence-electron chi connectivity index (χ3n) is 5.91. The first kappa shape index (κ1) is 26.7. The lowest BCUT2D eigenvalue weighted by molar-refractivity contribution is 0.0303. The summed E-state index contributed by atoms with van der Waals surface area (Å²) in [7, 11) is 1.63. The smallest absolute Gasteiger partial charge is 0.338 e. The lowest BCUT2D eigenvalue weighted by Crippen LogP contribution is -2.12. The van der Waals surface area contributed by atoms with Gasteiger partial charge < -0.3 is 19.3 Å². The molecule has 2 aromatic carbocycles. The Hall–Kier alpha value is -4.33. The summed E-state index contributed by atoms with van der Waals surface area (Å²) in [4.78, 5) is 21.5. The number of aliphatic hydroxyl groups is 1. The van der Waals surface area contributed by atoms with Crippen molar-refractivity contribution in [1.82, 2.24) is 9.97 Å². The second kappa shape index (κ2) is 13.3. The average molecular weight is 511 g/mol. The van der Waals surface area contributed by atoms with E-state index in [1.165, 1.54) is 0 Å². The summed E-state index contributed by atoms with van der Waals surface area (Å²) in [5.41, 5.74) is 4.68. The van der Waals surface area contributed by atoms with Gasteiger partial charge in [0.2, 0.25) is 0 Å². The van der Waals surface area contributed by atoms with E-state index in [-0.39, 0.29) is 13.2 Å². The predicted molar refractivity (Wildman–Crippen MR) is 147 cm³/mol. The number of carbonyl (C=O) groups excluding carboxylic acids is 1. The Balaban J connectivity index is 1.67. The van der Waals surface area contributed by atoms with Crippen LogP contribution in [0.1, 0.15) is 34.0 Å². The van der Waals surface area contributed by atoms with Crippen molar-refractivity contribution >= 4 is 22.4 Å². The first-order valence-corrected chi connectivity index (χ1v) is 12.3. The fourth-order valence-electron chi connectivity index (χ4n) is 4.04. The maximum atomic E-state index is 13.0. The zero-order chi connectivity index (χ0) is 26.7. The number of fused-ring (bicyclic) bond motifs is 1. The van der Waals surface area contributed by atoms with Crippen molar-refractivity contribution in [2.45, 2.75) is 12.5 Å². The van der Waals surface area contributed by atoms with Gasteiger partial charge in [0.15, 0.2) is 0 Å². The number of rotatable bonds is 12. The van der Waals surface area contributed by atoms with E-state index in [1.54, 1.807) is 43.8 Å². The molecule has 0 amide bonds. The van der Waals surface area contributed by atoms with Crippen LogP contribution in [-0.2, 0) is 9.47 Å². The number of hydrogen-bond acceptors (Lipinski definition) is 7. The minimum absolute atomic E-state index is 0.0729. The van der Waals surface area contributed by atoms with E-state index in [0.29, 0.717) is 24.3 Å². The van der Waals surface area contributed by atoms with Gasteiger partial charge in [0.25, 0.3) is 0 Å². The van der Waals surface area contributed by atoms with Crippen molar-refractivity contribution in [2.24, 2.45) is 0 Å². The van der Waals surface area contributed by atoms with Gasteiger partial charge >= 0.3 is 5.97 Å². The SMILES string of the molecule is C=C(COC)/C(=C/C[C@@H](OC(=O)c1ccncc1)c1ccc(OCCO)cc1)c1cnc2ccccc2c1. The van der Waals surface area contributed by atoms with Gasteiger partial charge in [-0.1, -0.05) is 43.0 Å². The highest BCUT2D eigenvalue weighted by Crippen LogP contribution is 2.30. The maximum absolute atomic E-state index is 13.0. The second-order valence-electron chi connectivity index (χ2n) is 8.58. The van der Waals surface area contributed by atoms with Gasteiger partial charge in [-0.05, 0) is 53.1 Å². The van der Waals surface area contributed by atoms with Gasteiger partial charge in [0.1, 0.15) is 18.5 Å². The average Bonchev–Trinajstić information content (AvgIpc) is 2.96. The molecule has 0 fully saturated rings. The summed E-state index contributed by atoms with van der Waals surface area (Å²) >= 11 is 0. The van der Waals surface area contributed by atoms with Crippen molar-refractivity contribution in [1.29, 1.82) is 0 Å². The Morgan fingerprint density at radius 2 is 1.82 bits per heavy atom. The number of pyridine rings is 2. The molecule has 0 saturated heterocycles. The molecular weight excluding hydrogens is 480 g/mol. The number of esters is 1. The molecule has 2 aromatic heterocycles. The quantitative estimate of drug-likeness (QED) is 0.197. The van der Waals surface area contributed by atoms with Crippen molar-refractivity contribution in [3.8, 4) is 5.75 Å². The van der Waals surface area contributed by atoms with Crippen molar-refractivity contribution in [2.75, 3.05) is 26.9 Å². The van der Waals surface area contributed by atoms with Gasteiger partial charge in [-0.2, -0.15) is 0 Å². The molecule has 0 radical (unpaired) electrons. The number of carbonyl (C=O) groups is 1. The van der Waals surface area contributed by atoms with Crippen molar-refractivity contribution in [3.63, 3.8) is 0 Å². The van der Waals surface area contributed by atoms with E-state index in [1.807, 2.05) is 48.7 Å². The van der Waals surface area contributed by atoms with Gasteiger partial charge in [-0.25, -0.2) is 4.79 Å². The number of hydrogen-bond donors (Lipinski definition) is 1. The van der Waals surface area contributed by atoms with Crippen LogP contribution in [0.25, 0.3) is 16.5 Å². The molecule has 0 aliphatic rings. The molecule has 0 aliphatic heterocycles. The summed E-state index contributed by atoms with van der Waals surface area (Å²) < 4.78 is 16.8. The van der Waals surface area contributed by atoms with Gasteiger partial charge in [0.05, 0.1) is 24.3 Å². The summed E-state index contributed by atoms with van der Waals surface area (Å²) in [6, 6.07) is 20.5. The van der Waals surface area contributed by atoms with E-state index >= 15 is 0 Å². The topological polar surface area (TPSA) is 90.8 Å². The normalized spacial score (nSPS) is 12.2. The lowest BCUT2D eigenvalue weighted by Gasteiger charge is -2.19. The Bertz CT molecular complexity index is 1400. The third kappa shape index (κ3) is 6.91. The standard InChI is InChI=1S/C31H30N2O5/c1-22(21-36-2)28(26-19-25-5-3-4-6-29(25)33-20-26)11-12-30(38-31(35)24-13-15-32-16-14-24)23-7-9-27(10-8-23)37-18-17-34/h3-11,13-16,19-20,30,34H,1,12,17-18,21H2,2H3/b28-11-/t30-/m1/s1. The van der Waals surface area contributed by atoms with Crippen LogP contribution in [0, 0.1) is 0 Å². The van der Waals surface area contributed by atoms with E-state index in [4.69, 9.17) is 19.3 Å². The molecule has 0 unspecified atom stereocenters. The van der Waals surface area contributed by atoms with Crippen LogP contribution < -0.4 is 4.74 Å². The molecule has 1 atom stereocenters. The van der Waals surface area contributed by atoms with Crippen LogP contribution in [0.3, 0.4) is 0 Å². The van der Waals surface area contributed by atoms with Crippen molar-refractivity contribution < 1.29 is 24.1 Å². The highest BCUT2D eigenvalue weighted by atomic mass is 16.5. The molecule has 1 N–H and O–H groups in total. The molecule has 7 heteroatoms. The number of nitrogens with zero attached hydrogens (tertiary/aromatic N) is 2. The molecule has 0 saturated carbocycles. The zero-order valence-corrected chi connectivity index (χ0v) is 21.2. The molecule has 0 bridgehead atoms. The van der Waals surface area contributed by atoms with Crippen LogP contribution >= 0.6 is 0 Å². The third-order valence-corrected chi connectivity index (χ3v) is 5.91. The molecule has 4 rings (SSSR count). The first-order valence-electron chi connectivity index (χ1n) is 12.3. The summed E-state index contributed by atoms with van der Waals surface area (Å²) in [5, 5.41) is 10.0. The molecule has 0 aliphatic carbocycles. The van der Waals surface area contributed by atoms with E-state index in [9.17, 15) is 4.79 Å². The van der Waals surface area contributed by atoms with E-state index < -0.39 is 12.1 Å². The molecular formula is C31H30N2O5. The predicted octanol–water partition coefficient (Wildman–Crippen LogP) is 5.58. The molecule has 2 heterocycles. The fraction of sp³-hybridized carbons (Fsp3) is 0.194. The lowest BCUT2D eigenvalue weighted by atomic mass is 9.96. The highest BCUT2D eigenvalue weighted by molar-refractivity contribution is 5.89. The highest BCUT2D eigenvalue weighted by Gasteiger charge is 2.19. The minimum atomic E-state index is -0.582. The first-order chi connectivity index (χ1) is 18.6. The van der Waals surface area contributed by atoms with E-state index in [0.717, 1.165) is 33.2 Å². The number of aromatic nitrogens is 2. The number of ether oxygens (including phenoxy) is 3. The molecule has 7 nitrogen and oxygen atoms in total. The Labute approximate surface area is 222 Å². The van der Waals surface area contributed by atoms with Crippen molar-refractivity contribution in [3.05, 3.63) is 120 Å². The molecule has 194 valence electrons. The molecule has 0 spiro atoms. The van der Waals surface area contributed by atoms with Gasteiger partial charge in [0, 0.05) is 43.1 Å². The minimum Gasteiger partial charge on any atom is -0.491 e. The number of benzene rings is 2. The Morgan fingerprint density at radius 3 is 2.55 bits per heavy atom. The number of methoxy groups -OCH3 is 1. The van der Waals surface area contributed by atoms with Gasteiger partial charge in [-0.15, -0.1) is 0 Å². The van der Waals surface area contributed by atoms with Gasteiger partial charge in [-0.3, -0.25) is 9.97 Å². The Kier molecular flexibility index (Phi) is 9.34. The monoisotopic (exact) mass is 510 g/mol. The van der Waals surface area contributed by atoms with Crippen LogP contribution in [0.4, 0.5) is 0 Å². The molecule has 38 heavy (non-hydrogen) atoms. The number of aliphatic hydroxyl groups excluding tert-OH is 1. The van der Waals surface area contributed by atoms with Crippen LogP contribution in [0.2, 0.25) is 0 Å². The molecule has 4 aromatic rings. The zero-order valence-electron chi connectivity index (χ0n) is 21.2. The fourth-order valence-corrected chi connectivity index (χ4v) is 4.04. The number of para-hydroxylation sites is 1. The summed E-state index contributed by atoms with van der Waals surface area (Å²) in [5.74, 6) is 0.171. The second-order valence-corrected chi connectivity index (χ2v) is 8.58. The van der Waals surface area contributed by atoms with Crippen LogP contribution in [-0.4, -0.2) is 48.0 Å². The largest absolute Gasteiger partial charge is 0.491 e. The maximum Gasteiger partial charge on any atom is 0.338 e.